The second kappa shape index (κ2) is 4.35. The first-order valence-corrected chi connectivity index (χ1v) is 5.20. The van der Waals surface area contributed by atoms with Crippen LogP contribution in [0.25, 0.3) is 0 Å². The van der Waals surface area contributed by atoms with Gasteiger partial charge in [0.1, 0.15) is 12.1 Å². The molecule has 2 aromatic rings. The number of aromatic nitrogens is 3. The lowest BCUT2D eigenvalue weighted by Crippen LogP contribution is -1.96. The Kier molecular flexibility index (Phi) is 2.91. The van der Waals surface area contributed by atoms with Crippen LogP contribution in [0.1, 0.15) is 5.69 Å². The van der Waals surface area contributed by atoms with Gasteiger partial charge in [-0.05, 0) is 35.0 Å². The van der Waals surface area contributed by atoms with Crippen molar-refractivity contribution in [2.75, 3.05) is 5.32 Å². The van der Waals surface area contributed by atoms with E-state index in [1.807, 2.05) is 19.1 Å². The summed E-state index contributed by atoms with van der Waals surface area (Å²) in [5.41, 5.74) is 1.77. The minimum atomic E-state index is 0.783. The predicted octanol–water partition coefficient (Wildman–Crippen LogP) is 2.69. The molecule has 0 aliphatic rings. The van der Waals surface area contributed by atoms with Gasteiger partial charge in [-0.2, -0.15) is 0 Å². The molecule has 4 nitrogen and oxygen atoms in total. The van der Waals surface area contributed by atoms with Gasteiger partial charge in [-0.15, -0.1) is 0 Å². The number of pyridine rings is 1. The quantitative estimate of drug-likeness (QED) is 0.906. The molecular formula is C10H9BrN4. The fourth-order valence-electron chi connectivity index (χ4n) is 1.13. The van der Waals surface area contributed by atoms with Gasteiger partial charge in [0.2, 0.25) is 0 Å². The summed E-state index contributed by atoms with van der Waals surface area (Å²) in [6.07, 6.45) is 4.89. The summed E-state index contributed by atoms with van der Waals surface area (Å²) in [5, 5.41) is 3.12. The van der Waals surface area contributed by atoms with Crippen LogP contribution in [-0.4, -0.2) is 15.0 Å². The summed E-state index contributed by atoms with van der Waals surface area (Å²) in [7, 11) is 0. The van der Waals surface area contributed by atoms with E-state index in [2.05, 4.69) is 36.2 Å². The lowest BCUT2D eigenvalue weighted by Gasteiger charge is -2.05. The first-order valence-electron chi connectivity index (χ1n) is 4.41. The molecule has 0 saturated heterocycles. The van der Waals surface area contributed by atoms with Gasteiger partial charge in [0, 0.05) is 4.47 Å². The molecule has 0 bridgehead atoms. The summed E-state index contributed by atoms with van der Waals surface area (Å²) in [5.74, 6) is 0.783. The number of hydrogen-bond donors (Lipinski definition) is 1. The smallest absolute Gasteiger partial charge is 0.130 e. The molecule has 0 amide bonds. The molecular weight excluding hydrogens is 256 g/mol. The number of aryl methyl sites for hydroxylation is 1. The number of nitrogens with zero attached hydrogens (tertiary/aromatic N) is 3. The topological polar surface area (TPSA) is 50.7 Å². The highest BCUT2D eigenvalue weighted by Crippen LogP contribution is 2.18. The van der Waals surface area contributed by atoms with E-state index in [1.54, 1.807) is 12.4 Å². The van der Waals surface area contributed by atoms with Crippen molar-refractivity contribution >= 4 is 27.4 Å². The SMILES string of the molecule is Cc1nc(Nc2cncnc2)ccc1Br. The standard InChI is InChI=1S/C10H9BrN4/c1-7-9(11)2-3-10(14-7)15-8-4-12-6-13-5-8/h2-6H,1H3,(H,14,15). The zero-order valence-corrected chi connectivity index (χ0v) is 9.69. The highest BCUT2D eigenvalue weighted by atomic mass is 79.9. The summed E-state index contributed by atoms with van der Waals surface area (Å²) in [6, 6.07) is 3.85. The van der Waals surface area contributed by atoms with Gasteiger partial charge >= 0.3 is 0 Å². The Morgan fingerprint density at radius 3 is 2.60 bits per heavy atom. The fraction of sp³-hybridized carbons (Fsp3) is 0.100. The summed E-state index contributed by atoms with van der Waals surface area (Å²) in [6.45, 7) is 1.94. The molecule has 0 aromatic carbocycles. The van der Waals surface area contributed by atoms with E-state index >= 15 is 0 Å². The molecule has 2 aromatic heterocycles. The van der Waals surface area contributed by atoms with E-state index in [9.17, 15) is 0 Å². The molecule has 0 aliphatic heterocycles. The van der Waals surface area contributed by atoms with E-state index in [0.717, 1.165) is 21.7 Å². The van der Waals surface area contributed by atoms with Crippen LogP contribution in [0.4, 0.5) is 11.5 Å². The van der Waals surface area contributed by atoms with Crippen LogP contribution in [0.2, 0.25) is 0 Å². The second-order valence-electron chi connectivity index (χ2n) is 3.02. The minimum absolute atomic E-state index is 0.783. The third kappa shape index (κ3) is 2.50. The minimum Gasteiger partial charge on any atom is -0.338 e. The molecule has 1 N–H and O–H groups in total. The van der Waals surface area contributed by atoms with Crippen LogP contribution in [0.3, 0.4) is 0 Å². The Balaban J connectivity index is 2.22. The lowest BCUT2D eigenvalue weighted by atomic mass is 10.3. The zero-order valence-electron chi connectivity index (χ0n) is 8.11. The van der Waals surface area contributed by atoms with E-state index < -0.39 is 0 Å². The molecule has 2 rings (SSSR count). The zero-order chi connectivity index (χ0) is 10.7. The maximum absolute atomic E-state index is 4.35. The Labute approximate surface area is 95.9 Å². The van der Waals surface area contributed by atoms with E-state index in [0.29, 0.717) is 0 Å². The van der Waals surface area contributed by atoms with Crippen molar-refractivity contribution in [1.29, 1.82) is 0 Å². The molecule has 0 unspecified atom stereocenters. The number of hydrogen-bond acceptors (Lipinski definition) is 4. The van der Waals surface area contributed by atoms with Crippen LogP contribution in [0.15, 0.2) is 35.3 Å². The average molecular weight is 265 g/mol. The van der Waals surface area contributed by atoms with Crippen LogP contribution in [0.5, 0.6) is 0 Å². The van der Waals surface area contributed by atoms with E-state index in [4.69, 9.17) is 0 Å². The first kappa shape index (κ1) is 10.0. The van der Waals surface area contributed by atoms with Crippen LogP contribution < -0.4 is 5.32 Å². The van der Waals surface area contributed by atoms with Gasteiger partial charge in [0.15, 0.2) is 0 Å². The van der Waals surface area contributed by atoms with Crippen molar-refractivity contribution < 1.29 is 0 Å². The molecule has 0 fully saturated rings. The number of nitrogens with one attached hydrogen (secondary N) is 1. The Bertz CT molecular complexity index is 458. The maximum atomic E-state index is 4.35. The molecule has 0 aliphatic carbocycles. The molecule has 0 saturated carbocycles. The molecule has 0 atom stereocenters. The van der Waals surface area contributed by atoms with Gasteiger partial charge < -0.3 is 5.32 Å². The Morgan fingerprint density at radius 2 is 1.93 bits per heavy atom. The average Bonchev–Trinajstić information content (AvgIpc) is 2.25. The van der Waals surface area contributed by atoms with E-state index in [-0.39, 0.29) is 0 Å². The summed E-state index contributed by atoms with van der Waals surface area (Å²) < 4.78 is 0.998. The molecule has 0 spiro atoms. The van der Waals surface area contributed by atoms with Crippen molar-refractivity contribution in [3.05, 3.63) is 41.0 Å². The largest absolute Gasteiger partial charge is 0.338 e. The monoisotopic (exact) mass is 264 g/mol. The summed E-state index contributed by atoms with van der Waals surface area (Å²) in [4.78, 5) is 12.2. The Morgan fingerprint density at radius 1 is 1.20 bits per heavy atom. The van der Waals surface area contributed by atoms with Crippen molar-refractivity contribution in [2.45, 2.75) is 6.92 Å². The predicted molar refractivity (Wildman–Crippen MR) is 62.0 cm³/mol. The van der Waals surface area contributed by atoms with E-state index in [1.165, 1.54) is 6.33 Å². The number of halogens is 1. The van der Waals surface area contributed by atoms with Crippen molar-refractivity contribution in [3.63, 3.8) is 0 Å². The fourth-order valence-corrected chi connectivity index (χ4v) is 1.35. The van der Waals surface area contributed by atoms with Crippen molar-refractivity contribution in [2.24, 2.45) is 0 Å². The van der Waals surface area contributed by atoms with Crippen molar-refractivity contribution in [1.82, 2.24) is 15.0 Å². The van der Waals surface area contributed by atoms with Gasteiger partial charge in [-0.3, -0.25) is 0 Å². The highest BCUT2D eigenvalue weighted by Gasteiger charge is 1.99. The molecule has 5 heteroatoms. The van der Waals surface area contributed by atoms with Crippen LogP contribution in [-0.2, 0) is 0 Å². The van der Waals surface area contributed by atoms with Gasteiger partial charge in [0.25, 0.3) is 0 Å². The number of anilines is 2. The Hall–Kier alpha value is -1.49. The third-order valence-corrected chi connectivity index (χ3v) is 2.69. The molecule has 0 radical (unpaired) electrons. The second-order valence-corrected chi connectivity index (χ2v) is 3.87. The first-order chi connectivity index (χ1) is 7.25. The molecule has 2 heterocycles. The van der Waals surface area contributed by atoms with Gasteiger partial charge in [-0.1, -0.05) is 0 Å². The molecule has 15 heavy (non-hydrogen) atoms. The van der Waals surface area contributed by atoms with Crippen molar-refractivity contribution in [3.8, 4) is 0 Å². The van der Waals surface area contributed by atoms with Crippen LogP contribution >= 0.6 is 15.9 Å². The van der Waals surface area contributed by atoms with Crippen LogP contribution in [0, 0.1) is 6.92 Å². The van der Waals surface area contributed by atoms with Gasteiger partial charge in [-0.25, -0.2) is 15.0 Å². The summed E-state index contributed by atoms with van der Waals surface area (Å²) >= 11 is 3.40. The third-order valence-electron chi connectivity index (χ3n) is 1.85. The normalized spacial score (nSPS) is 10.0. The van der Waals surface area contributed by atoms with Gasteiger partial charge in [0.05, 0.1) is 23.8 Å². The highest BCUT2D eigenvalue weighted by molar-refractivity contribution is 9.10. The maximum Gasteiger partial charge on any atom is 0.130 e. The lowest BCUT2D eigenvalue weighted by molar-refractivity contribution is 1.14. The molecule has 76 valence electrons. The number of rotatable bonds is 2.